The summed E-state index contributed by atoms with van der Waals surface area (Å²) in [6.07, 6.45) is 0.202. The molecule has 1 amide bonds. The molecule has 2 aromatic carbocycles. The molecule has 0 bridgehead atoms. The molecule has 0 unspecified atom stereocenters. The van der Waals surface area contributed by atoms with E-state index in [2.05, 4.69) is 21.2 Å². The third kappa shape index (κ3) is 4.58. The predicted octanol–water partition coefficient (Wildman–Crippen LogP) is 3.53. The van der Waals surface area contributed by atoms with Crippen molar-refractivity contribution in [3.8, 4) is 0 Å². The molecule has 2 aromatic rings. The molecule has 0 saturated heterocycles. The summed E-state index contributed by atoms with van der Waals surface area (Å²) in [7, 11) is 0. The average Bonchev–Trinajstić information content (AvgIpc) is 2.47. The molecule has 0 aliphatic heterocycles. The van der Waals surface area contributed by atoms with Crippen molar-refractivity contribution in [2.45, 2.75) is 12.5 Å². The zero-order valence-electron chi connectivity index (χ0n) is 11.4. The van der Waals surface area contributed by atoms with Crippen LogP contribution in [0.5, 0.6) is 0 Å². The van der Waals surface area contributed by atoms with Crippen LogP contribution in [0.3, 0.4) is 0 Å². The number of carboxylic acids is 1. The van der Waals surface area contributed by atoms with E-state index in [9.17, 15) is 14.7 Å². The lowest BCUT2D eigenvalue weighted by Crippen LogP contribution is -2.42. The lowest BCUT2D eigenvalue weighted by atomic mass is 10.1. The Hall–Kier alpha value is -1.85. The topological polar surface area (TPSA) is 66.4 Å². The largest absolute Gasteiger partial charge is 0.480 e. The molecule has 0 spiro atoms. The minimum Gasteiger partial charge on any atom is -0.480 e. The highest BCUT2D eigenvalue weighted by Gasteiger charge is 2.21. The van der Waals surface area contributed by atoms with E-state index in [0.717, 1.165) is 10.0 Å². The molecule has 22 heavy (non-hydrogen) atoms. The fraction of sp³-hybridized carbons (Fsp3) is 0.125. The molecule has 0 radical (unpaired) electrons. The molecule has 2 N–H and O–H groups in total. The van der Waals surface area contributed by atoms with Crippen LogP contribution in [-0.4, -0.2) is 23.0 Å². The molecular formula is C16H13BrClNO3. The second-order valence-corrected chi connectivity index (χ2v) is 6.06. The van der Waals surface area contributed by atoms with Crippen molar-refractivity contribution in [3.63, 3.8) is 0 Å². The van der Waals surface area contributed by atoms with Gasteiger partial charge in [0.05, 0.1) is 0 Å². The molecule has 0 aromatic heterocycles. The zero-order valence-corrected chi connectivity index (χ0v) is 13.8. The summed E-state index contributed by atoms with van der Waals surface area (Å²) in [6, 6.07) is 12.6. The lowest BCUT2D eigenvalue weighted by molar-refractivity contribution is -0.139. The lowest BCUT2D eigenvalue weighted by Gasteiger charge is -2.15. The maximum absolute atomic E-state index is 12.1. The van der Waals surface area contributed by atoms with Gasteiger partial charge in [0.25, 0.3) is 5.91 Å². The number of nitrogens with one attached hydrogen (secondary N) is 1. The van der Waals surface area contributed by atoms with Crippen LogP contribution in [0.1, 0.15) is 15.9 Å². The normalized spacial score (nSPS) is 11.7. The van der Waals surface area contributed by atoms with Crippen LogP contribution in [0.25, 0.3) is 0 Å². The van der Waals surface area contributed by atoms with Gasteiger partial charge in [-0.25, -0.2) is 4.79 Å². The number of rotatable bonds is 5. The monoisotopic (exact) mass is 381 g/mol. The Kier molecular flexibility index (Phi) is 5.57. The first kappa shape index (κ1) is 16.5. The van der Waals surface area contributed by atoms with E-state index in [1.165, 1.54) is 0 Å². The van der Waals surface area contributed by atoms with Gasteiger partial charge in [-0.15, -0.1) is 0 Å². The van der Waals surface area contributed by atoms with Gasteiger partial charge >= 0.3 is 5.97 Å². The smallest absolute Gasteiger partial charge is 0.326 e. The third-order valence-corrected chi connectivity index (χ3v) is 3.78. The number of carboxylic acid groups (broad SMARTS) is 1. The third-order valence-electron chi connectivity index (χ3n) is 3.04. The highest BCUT2D eigenvalue weighted by Crippen LogP contribution is 2.14. The Morgan fingerprint density at radius 2 is 1.86 bits per heavy atom. The molecule has 1 atom stereocenters. The standard InChI is InChI=1S/C16H13BrClNO3/c17-12-3-1-2-10(8-12)9-14(16(21)22)19-15(20)11-4-6-13(18)7-5-11/h1-8,14H,9H2,(H,19,20)(H,21,22)/t14-/m1/s1. The van der Waals surface area contributed by atoms with Gasteiger partial charge in [-0.2, -0.15) is 0 Å². The maximum Gasteiger partial charge on any atom is 0.326 e. The second kappa shape index (κ2) is 7.42. The van der Waals surface area contributed by atoms with E-state index in [1.54, 1.807) is 24.3 Å². The van der Waals surface area contributed by atoms with Gasteiger partial charge in [-0.1, -0.05) is 39.7 Å². The van der Waals surface area contributed by atoms with Gasteiger partial charge < -0.3 is 10.4 Å². The first-order chi connectivity index (χ1) is 10.5. The fourth-order valence-corrected chi connectivity index (χ4v) is 2.52. The van der Waals surface area contributed by atoms with Crippen molar-refractivity contribution in [3.05, 3.63) is 69.2 Å². The van der Waals surface area contributed by atoms with E-state index < -0.39 is 17.9 Å². The van der Waals surface area contributed by atoms with Gasteiger partial charge in [0.15, 0.2) is 0 Å². The summed E-state index contributed by atoms with van der Waals surface area (Å²) in [6.45, 7) is 0. The van der Waals surface area contributed by atoms with Crippen LogP contribution in [-0.2, 0) is 11.2 Å². The summed E-state index contributed by atoms with van der Waals surface area (Å²) < 4.78 is 0.859. The van der Waals surface area contributed by atoms with Crippen molar-refractivity contribution in [1.29, 1.82) is 0 Å². The van der Waals surface area contributed by atoms with E-state index >= 15 is 0 Å². The molecule has 0 saturated carbocycles. The van der Waals surface area contributed by atoms with Crippen molar-refractivity contribution in [1.82, 2.24) is 5.32 Å². The Labute approximate surface area is 141 Å². The molecule has 4 nitrogen and oxygen atoms in total. The summed E-state index contributed by atoms with van der Waals surface area (Å²) in [5.74, 6) is -1.53. The van der Waals surface area contributed by atoms with Crippen LogP contribution in [0, 0.1) is 0 Å². The highest BCUT2D eigenvalue weighted by atomic mass is 79.9. The molecule has 114 valence electrons. The van der Waals surface area contributed by atoms with Crippen LogP contribution >= 0.6 is 27.5 Å². The van der Waals surface area contributed by atoms with Gasteiger partial charge in [-0.05, 0) is 42.0 Å². The van der Waals surface area contributed by atoms with Crippen molar-refractivity contribution in [2.24, 2.45) is 0 Å². The summed E-state index contributed by atoms with van der Waals surface area (Å²) >= 11 is 9.10. The first-order valence-corrected chi connectivity index (χ1v) is 7.66. The Morgan fingerprint density at radius 1 is 1.18 bits per heavy atom. The number of hydrogen-bond donors (Lipinski definition) is 2. The number of carbonyl (C=O) groups is 2. The number of hydrogen-bond acceptors (Lipinski definition) is 2. The van der Waals surface area contributed by atoms with E-state index in [4.69, 9.17) is 11.6 Å². The molecule has 0 fully saturated rings. The van der Waals surface area contributed by atoms with Gasteiger partial charge in [0, 0.05) is 21.5 Å². The molecule has 6 heteroatoms. The number of carbonyl (C=O) groups excluding carboxylic acids is 1. The summed E-state index contributed by atoms with van der Waals surface area (Å²) in [4.78, 5) is 23.5. The predicted molar refractivity (Wildman–Crippen MR) is 88.2 cm³/mol. The first-order valence-electron chi connectivity index (χ1n) is 6.49. The zero-order chi connectivity index (χ0) is 16.1. The molecular weight excluding hydrogens is 370 g/mol. The summed E-state index contributed by atoms with van der Waals surface area (Å²) in [5.41, 5.74) is 1.18. The highest BCUT2D eigenvalue weighted by molar-refractivity contribution is 9.10. The fourth-order valence-electron chi connectivity index (χ4n) is 1.94. The quantitative estimate of drug-likeness (QED) is 0.831. The second-order valence-electron chi connectivity index (χ2n) is 4.71. The minimum absolute atomic E-state index is 0.202. The van der Waals surface area contributed by atoms with Crippen molar-refractivity contribution >= 4 is 39.4 Å². The van der Waals surface area contributed by atoms with Crippen LogP contribution in [0.4, 0.5) is 0 Å². The van der Waals surface area contributed by atoms with Crippen molar-refractivity contribution < 1.29 is 14.7 Å². The van der Waals surface area contributed by atoms with Crippen LogP contribution in [0.15, 0.2) is 53.0 Å². The maximum atomic E-state index is 12.1. The van der Waals surface area contributed by atoms with Crippen molar-refractivity contribution in [2.75, 3.05) is 0 Å². The molecule has 0 heterocycles. The molecule has 0 aliphatic carbocycles. The van der Waals surface area contributed by atoms with E-state index in [1.807, 2.05) is 24.3 Å². The van der Waals surface area contributed by atoms with E-state index in [-0.39, 0.29) is 6.42 Å². The molecule has 2 rings (SSSR count). The average molecular weight is 383 g/mol. The summed E-state index contributed by atoms with van der Waals surface area (Å²) in [5, 5.41) is 12.3. The van der Waals surface area contributed by atoms with E-state index in [0.29, 0.717) is 10.6 Å². The Balaban J connectivity index is 2.10. The van der Waals surface area contributed by atoms with Crippen LogP contribution < -0.4 is 5.32 Å². The molecule has 0 aliphatic rings. The van der Waals surface area contributed by atoms with Crippen LogP contribution in [0.2, 0.25) is 5.02 Å². The minimum atomic E-state index is -1.08. The number of aliphatic carboxylic acids is 1. The number of halogens is 2. The number of benzene rings is 2. The Morgan fingerprint density at radius 3 is 2.45 bits per heavy atom. The van der Waals surface area contributed by atoms with Gasteiger partial charge in [0.1, 0.15) is 6.04 Å². The SMILES string of the molecule is O=C(N[C@H](Cc1cccc(Br)c1)C(=O)O)c1ccc(Cl)cc1. The number of amides is 1. The van der Waals surface area contributed by atoms with Gasteiger partial charge in [0.2, 0.25) is 0 Å². The van der Waals surface area contributed by atoms with Gasteiger partial charge in [-0.3, -0.25) is 4.79 Å². The Bertz CT molecular complexity index is 688.